The van der Waals surface area contributed by atoms with Gasteiger partial charge in [0.25, 0.3) is 5.91 Å². The molecule has 0 spiro atoms. The summed E-state index contributed by atoms with van der Waals surface area (Å²) < 4.78 is 15.5. The van der Waals surface area contributed by atoms with Crippen molar-refractivity contribution in [1.82, 2.24) is 19.7 Å². The molecular formula is C21H18FN5O2. The minimum absolute atomic E-state index is 0.0574. The maximum absolute atomic E-state index is 14.3. The van der Waals surface area contributed by atoms with E-state index in [-0.39, 0.29) is 22.9 Å². The number of carbonyl (C=O) groups is 1. The Balaban J connectivity index is 1.65. The molecular weight excluding hydrogens is 373 g/mol. The molecule has 1 aromatic carbocycles. The van der Waals surface area contributed by atoms with Crippen molar-refractivity contribution in [3.8, 4) is 28.9 Å². The van der Waals surface area contributed by atoms with E-state index < -0.39 is 5.82 Å². The van der Waals surface area contributed by atoms with Gasteiger partial charge in [0, 0.05) is 19.3 Å². The van der Waals surface area contributed by atoms with E-state index in [1.54, 1.807) is 36.1 Å². The van der Waals surface area contributed by atoms with E-state index in [1.807, 2.05) is 0 Å². The molecule has 0 radical (unpaired) electrons. The first-order valence-electron chi connectivity index (χ1n) is 9.23. The van der Waals surface area contributed by atoms with Crippen molar-refractivity contribution in [2.24, 2.45) is 0 Å². The summed E-state index contributed by atoms with van der Waals surface area (Å²) in [5, 5.41) is 23.7. The summed E-state index contributed by atoms with van der Waals surface area (Å²) >= 11 is 0. The van der Waals surface area contributed by atoms with Gasteiger partial charge in [-0.25, -0.2) is 9.37 Å². The van der Waals surface area contributed by atoms with E-state index in [9.17, 15) is 14.3 Å². The molecule has 0 aliphatic carbocycles. The highest BCUT2D eigenvalue weighted by Gasteiger charge is 2.21. The largest absolute Gasteiger partial charge is 0.493 e. The Morgan fingerprint density at radius 3 is 2.59 bits per heavy atom. The molecule has 2 aromatic heterocycles. The fourth-order valence-electron chi connectivity index (χ4n) is 3.50. The van der Waals surface area contributed by atoms with Crippen LogP contribution in [0.15, 0.2) is 36.7 Å². The average molecular weight is 391 g/mol. The normalized spacial score (nSPS) is 13.5. The van der Waals surface area contributed by atoms with Gasteiger partial charge in [-0.15, -0.1) is 0 Å². The second-order valence-corrected chi connectivity index (χ2v) is 6.91. The minimum Gasteiger partial charge on any atom is -0.493 e. The van der Waals surface area contributed by atoms with Gasteiger partial charge in [0.1, 0.15) is 11.9 Å². The van der Waals surface area contributed by atoms with Crippen molar-refractivity contribution in [1.29, 1.82) is 5.26 Å². The number of aromatic hydroxyl groups is 1. The first-order chi connectivity index (χ1) is 14.0. The van der Waals surface area contributed by atoms with Crippen LogP contribution < -0.4 is 0 Å². The number of aromatic nitrogens is 3. The summed E-state index contributed by atoms with van der Waals surface area (Å²) in [7, 11) is 0. The van der Waals surface area contributed by atoms with Gasteiger partial charge in [-0.05, 0) is 49.1 Å². The number of likely N-dealkylation sites (tertiary alicyclic amines) is 1. The van der Waals surface area contributed by atoms with Crippen molar-refractivity contribution < 1.29 is 14.3 Å². The first-order valence-corrected chi connectivity index (χ1v) is 9.23. The van der Waals surface area contributed by atoms with Crippen molar-refractivity contribution in [2.45, 2.75) is 19.8 Å². The number of rotatable bonds is 3. The molecule has 0 saturated carbocycles. The lowest BCUT2D eigenvalue weighted by atomic mass is 10.00. The minimum atomic E-state index is -0.625. The number of hydrogen-bond acceptors (Lipinski definition) is 5. The number of hydrogen-bond donors (Lipinski definition) is 1. The average Bonchev–Trinajstić information content (AvgIpc) is 3.40. The predicted molar refractivity (Wildman–Crippen MR) is 103 cm³/mol. The van der Waals surface area contributed by atoms with E-state index in [1.165, 1.54) is 23.1 Å². The monoisotopic (exact) mass is 391 g/mol. The van der Waals surface area contributed by atoms with Crippen LogP contribution in [-0.2, 0) is 0 Å². The Kier molecular flexibility index (Phi) is 4.72. The van der Waals surface area contributed by atoms with Gasteiger partial charge in [-0.1, -0.05) is 6.07 Å². The third-order valence-electron chi connectivity index (χ3n) is 5.15. The molecule has 0 bridgehead atoms. The first kappa shape index (κ1) is 18.6. The maximum atomic E-state index is 14.3. The molecule has 0 unspecified atom stereocenters. The zero-order chi connectivity index (χ0) is 20.5. The predicted octanol–water partition coefficient (Wildman–Crippen LogP) is 3.20. The summed E-state index contributed by atoms with van der Waals surface area (Å²) in [5.74, 6) is -0.558. The number of carbonyl (C=O) groups excluding carboxylic acids is 1. The molecule has 3 aromatic rings. The SMILES string of the molecule is Cc1c(-c2cnn(-c3ccc(C(=O)N4CCCC4)cn3)c2O)ccc(C#N)c1F. The van der Waals surface area contributed by atoms with Gasteiger partial charge in [0.2, 0.25) is 5.88 Å². The number of amides is 1. The third-order valence-corrected chi connectivity index (χ3v) is 5.15. The van der Waals surface area contributed by atoms with E-state index >= 15 is 0 Å². The molecule has 146 valence electrons. The second-order valence-electron chi connectivity index (χ2n) is 6.91. The summed E-state index contributed by atoms with van der Waals surface area (Å²) in [6, 6.07) is 7.99. The molecule has 0 atom stereocenters. The summed E-state index contributed by atoms with van der Waals surface area (Å²) in [6.07, 6.45) is 4.89. The smallest absolute Gasteiger partial charge is 0.255 e. The summed E-state index contributed by atoms with van der Waals surface area (Å²) in [6.45, 7) is 3.05. The van der Waals surface area contributed by atoms with Crippen LogP contribution in [-0.4, -0.2) is 43.8 Å². The molecule has 1 fully saturated rings. The third kappa shape index (κ3) is 3.21. The van der Waals surface area contributed by atoms with Gasteiger partial charge in [0.05, 0.1) is 22.9 Å². The van der Waals surface area contributed by atoms with Crippen LogP contribution in [0.3, 0.4) is 0 Å². The van der Waals surface area contributed by atoms with E-state index in [0.29, 0.717) is 22.5 Å². The molecule has 1 amide bonds. The second kappa shape index (κ2) is 7.36. The van der Waals surface area contributed by atoms with Crippen molar-refractivity contribution in [2.75, 3.05) is 13.1 Å². The van der Waals surface area contributed by atoms with Crippen molar-refractivity contribution in [3.05, 3.63) is 59.2 Å². The molecule has 4 rings (SSSR count). The topological polar surface area (TPSA) is 95.0 Å². The Hall–Kier alpha value is -3.73. The molecule has 1 saturated heterocycles. The highest BCUT2D eigenvalue weighted by atomic mass is 19.1. The molecule has 7 nitrogen and oxygen atoms in total. The lowest BCUT2D eigenvalue weighted by molar-refractivity contribution is 0.0792. The van der Waals surface area contributed by atoms with Crippen LogP contribution in [0.4, 0.5) is 4.39 Å². The lowest BCUT2D eigenvalue weighted by Crippen LogP contribution is -2.27. The van der Waals surface area contributed by atoms with Gasteiger partial charge in [-0.2, -0.15) is 15.0 Å². The van der Waals surface area contributed by atoms with Gasteiger partial charge in [-0.3, -0.25) is 4.79 Å². The summed E-state index contributed by atoms with van der Waals surface area (Å²) in [5.41, 5.74) is 1.43. The zero-order valence-electron chi connectivity index (χ0n) is 15.8. The van der Waals surface area contributed by atoms with Crippen LogP contribution in [0.1, 0.15) is 34.3 Å². The van der Waals surface area contributed by atoms with E-state index in [4.69, 9.17) is 5.26 Å². The molecule has 1 aliphatic heterocycles. The Morgan fingerprint density at radius 1 is 1.17 bits per heavy atom. The molecule has 29 heavy (non-hydrogen) atoms. The summed E-state index contributed by atoms with van der Waals surface area (Å²) in [4.78, 5) is 18.5. The van der Waals surface area contributed by atoms with Crippen LogP contribution in [0.25, 0.3) is 16.9 Å². The molecule has 3 heterocycles. The Morgan fingerprint density at radius 2 is 1.93 bits per heavy atom. The molecule has 1 N–H and O–H groups in total. The van der Waals surface area contributed by atoms with Gasteiger partial charge in [0.15, 0.2) is 5.82 Å². The van der Waals surface area contributed by atoms with Gasteiger partial charge < -0.3 is 10.0 Å². The maximum Gasteiger partial charge on any atom is 0.255 e. The van der Waals surface area contributed by atoms with E-state index in [0.717, 1.165) is 25.9 Å². The quantitative estimate of drug-likeness (QED) is 0.740. The van der Waals surface area contributed by atoms with Crippen LogP contribution in [0, 0.1) is 24.1 Å². The number of benzene rings is 1. The highest BCUT2D eigenvalue weighted by Crippen LogP contribution is 2.34. The molecule has 8 heteroatoms. The lowest BCUT2D eigenvalue weighted by Gasteiger charge is -2.15. The van der Waals surface area contributed by atoms with Crippen LogP contribution in [0.5, 0.6) is 5.88 Å². The Bertz CT molecular complexity index is 1130. The van der Waals surface area contributed by atoms with Gasteiger partial charge >= 0.3 is 0 Å². The standard InChI is InChI=1S/C21H18FN5O2/c1-13-16(6-4-14(10-23)19(13)22)17-12-25-27(21(17)29)18-7-5-15(11-24-18)20(28)26-8-2-3-9-26/h4-7,11-12,29H,2-3,8-9H2,1H3. The number of nitrogens with zero attached hydrogens (tertiary/aromatic N) is 5. The zero-order valence-corrected chi connectivity index (χ0v) is 15.8. The van der Waals surface area contributed by atoms with Crippen LogP contribution >= 0.6 is 0 Å². The number of nitriles is 1. The van der Waals surface area contributed by atoms with Crippen LogP contribution in [0.2, 0.25) is 0 Å². The fourth-order valence-corrected chi connectivity index (χ4v) is 3.50. The fraction of sp³-hybridized carbons (Fsp3) is 0.238. The number of halogens is 1. The Labute approximate surface area is 166 Å². The van der Waals surface area contributed by atoms with Crippen molar-refractivity contribution in [3.63, 3.8) is 0 Å². The van der Waals surface area contributed by atoms with E-state index in [2.05, 4.69) is 10.1 Å². The number of pyridine rings is 1. The highest BCUT2D eigenvalue weighted by molar-refractivity contribution is 5.94. The van der Waals surface area contributed by atoms with Crippen molar-refractivity contribution >= 4 is 5.91 Å². The molecule has 1 aliphatic rings.